The molecule has 0 spiro atoms. The van der Waals surface area contributed by atoms with E-state index in [1.807, 2.05) is 36.4 Å². The van der Waals surface area contributed by atoms with Crippen molar-refractivity contribution in [3.63, 3.8) is 0 Å². The fraction of sp³-hybridized carbons (Fsp3) is 0.136. The Hall–Kier alpha value is -3.18. The van der Waals surface area contributed by atoms with Crippen molar-refractivity contribution in [2.75, 3.05) is 7.11 Å². The Kier molecular flexibility index (Phi) is 4.84. The standard InChI is InChI=1S/C22H18ClN3O2/c1-14-6-3-4-8-17(14)21-18(20-11-10-15(23)13-26(20)25-21)12-16-7-5-9-19(24-16)22(27)28-2/h3-11,13H,12H2,1-2H3. The normalized spacial score (nSPS) is 11.0. The number of esters is 1. The lowest BCUT2D eigenvalue weighted by Crippen LogP contribution is -2.06. The summed E-state index contributed by atoms with van der Waals surface area (Å²) in [5, 5.41) is 5.40. The first-order valence-corrected chi connectivity index (χ1v) is 9.21. The van der Waals surface area contributed by atoms with Gasteiger partial charge in [-0.05, 0) is 36.8 Å². The highest BCUT2D eigenvalue weighted by Gasteiger charge is 2.18. The molecule has 28 heavy (non-hydrogen) atoms. The number of halogens is 1. The molecule has 6 heteroatoms. The van der Waals surface area contributed by atoms with Gasteiger partial charge in [0.15, 0.2) is 0 Å². The van der Waals surface area contributed by atoms with Crippen LogP contribution in [0.25, 0.3) is 16.8 Å². The van der Waals surface area contributed by atoms with Crippen molar-refractivity contribution in [3.8, 4) is 11.3 Å². The fourth-order valence-electron chi connectivity index (χ4n) is 3.28. The third kappa shape index (κ3) is 3.37. The number of carbonyl (C=O) groups excluding carboxylic acids is 1. The van der Waals surface area contributed by atoms with Crippen LogP contribution in [0, 0.1) is 6.92 Å². The van der Waals surface area contributed by atoms with Gasteiger partial charge in [0, 0.05) is 29.4 Å². The number of hydrogen-bond acceptors (Lipinski definition) is 4. The zero-order valence-electron chi connectivity index (χ0n) is 15.5. The average Bonchev–Trinajstić information content (AvgIpc) is 3.05. The van der Waals surface area contributed by atoms with E-state index in [1.165, 1.54) is 7.11 Å². The molecule has 0 aliphatic heterocycles. The number of fused-ring (bicyclic) bond motifs is 1. The van der Waals surface area contributed by atoms with E-state index in [4.69, 9.17) is 21.4 Å². The van der Waals surface area contributed by atoms with E-state index in [-0.39, 0.29) is 5.69 Å². The Morgan fingerprint density at radius 3 is 2.71 bits per heavy atom. The first-order chi connectivity index (χ1) is 13.6. The number of methoxy groups -OCH3 is 1. The van der Waals surface area contributed by atoms with Crippen LogP contribution < -0.4 is 0 Å². The molecule has 4 rings (SSSR count). The molecule has 0 unspecified atom stereocenters. The van der Waals surface area contributed by atoms with E-state index in [0.717, 1.165) is 33.6 Å². The Balaban J connectivity index is 1.87. The van der Waals surface area contributed by atoms with Crippen LogP contribution in [0.3, 0.4) is 0 Å². The largest absolute Gasteiger partial charge is 0.464 e. The van der Waals surface area contributed by atoms with Gasteiger partial charge >= 0.3 is 5.97 Å². The molecule has 5 nitrogen and oxygen atoms in total. The van der Waals surface area contributed by atoms with Gasteiger partial charge in [0.25, 0.3) is 0 Å². The summed E-state index contributed by atoms with van der Waals surface area (Å²) in [4.78, 5) is 16.3. The zero-order valence-corrected chi connectivity index (χ0v) is 16.3. The molecule has 0 aliphatic carbocycles. The van der Waals surface area contributed by atoms with Crippen molar-refractivity contribution >= 4 is 23.1 Å². The minimum atomic E-state index is -0.451. The lowest BCUT2D eigenvalue weighted by molar-refractivity contribution is 0.0593. The van der Waals surface area contributed by atoms with Gasteiger partial charge < -0.3 is 4.74 Å². The zero-order chi connectivity index (χ0) is 19.7. The first-order valence-electron chi connectivity index (χ1n) is 8.84. The summed E-state index contributed by atoms with van der Waals surface area (Å²) in [6.45, 7) is 2.06. The van der Waals surface area contributed by atoms with Crippen molar-refractivity contribution in [1.29, 1.82) is 0 Å². The second-order valence-corrected chi connectivity index (χ2v) is 6.94. The molecule has 0 radical (unpaired) electrons. The predicted molar refractivity (Wildman–Crippen MR) is 109 cm³/mol. The van der Waals surface area contributed by atoms with Gasteiger partial charge in [-0.2, -0.15) is 5.10 Å². The highest BCUT2D eigenvalue weighted by Crippen LogP contribution is 2.31. The van der Waals surface area contributed by atoms with Crippen LogP contribution >= 0.6 is 11.6 Å². The van der Waals surface area contributed by atoms with Crippen molar-refractivity contribution in [2.24, 2.45) is 0 Å². The summed E-state index contributed by atoms with van der Waals surface area (Å²) in [6.07, 6.45) is 2.32. The highest BCUT2D eigenvalue weighted by molar-refractivity contribution is 6.30. The predicted octanol–water partition coefficient (Wildman–Crippen LogP) is 4.74. The van der Waals surface area contributed by atoms with Gasteiger partial charge in [0.2, 0.25) is 0 Å². The summed E-state index contributed by atoms with van der Waals surface area (Å²) >= 11 is 6.16. The van der Waals surface area contributed by atoms with Gasteiger partial charge in [-0.15, -0.1) is 0 Å². The molecule has 3 aromatic heterocycles. The molecule has 0 saturated carbocycles. The molecular weight excluding hydrogens is 374 g/mol. The van der Waals surface area contributed by atoms with E-state index >= 15 is 0 Å². The van der Waals surface area contributed by atoms with E-state index < -0.39 is 5.97 Å². The van der Waals surface area contributed by atoms with Crippen molar-refractivity contribution < 1.29 is 9.53 Å². The van der Waals surface area contributed by atoms with Crippen LogP contribution in [0.1, 0.15) is 27.3 Å². The summed E-state index contributed by atoms with van der Waals surface area (Å²) in [5.74, 6) is -0.451. The highest BCUT2D eigenvalue weighted by atomic mass is 35.5. The summed E-state index contributed by atoms with van der Waals surface area (Å²) in [7, 11) is 1.35. The monoisotopic (exact) mass is 391 g/mol. The van der Waals surface area contributed by atoms with Crippen LogP contribution in [0.5, 0.6) is 0 Å². The summed E-state index contributed by atoms with van der Waals surface area (Å²) < 4.78 is 6.58. The number of carbonyl (C=O) groups is 1. The SMILES string of the molecule is COC(=O)c1cccc(Cc2c(-c3ccccc3C)nn3cc(Cl)ccc23)n1. The molecule has 0 N–H and O–H groups in total. The smallest absolute Gasteiger partial charge is 0.356 e. The molecule has 0 atom stereocenters. The van der Waals surface area contributed by atoms with E-state index in [1.54, 1.807) is 16.8 Å². The van der Waals surface area contributed by atoms with Gasteiger partial charge in [-0.1, -0.05) is 41.9 Å². The maximum absolute atomic E-state index is 11.8. The van der Waals surface area contributed by atoms with Crippen molar-refractivity contribution in [3.05, 3.63) is 88.3 Å². The number of aryl methyl sites for hydroxylation is 1. The van der Waals surface area contributed by atoms with Crippen LogP contribution in [-0.4, -0.2) is 27.7 Å². The number of pyridine rings is 2. The summed E-state index contributed by atoms with van der Waals surface area (Å²) in [5.41, 5.74) is 6.11. The maximum atomic E-state index is 11.8. The van der Waals surface area contributed by atoms with Crippen LogP contribution in [0.4, 0.5) is 0 Å². The lowest BCUT2D eigenvalue weighted by atomic mass is 9.99. The molecule has 0 fully saturated rings. The van der Waals surface area contributed by atoms with Crippen LogP contribution in [0.2, 0.25) is 5.02 Å². The molecule has 0 amide bonds. The number of ether oxygens (including phenoxy) is 1. The Morgan fingerprint density at radius 2 is 1.93 bits per heavy atom. The van der Waals surface area contributed by atoms with Crippen molar-refractivity contribution in [1.82, 2.24) is 14.6 Å². The molecule has 0 bridgehead atoms. The number of hydrogen-bond donors (Lipinski definition) is 0. The topological polar surface area (TPSA) is 56.5 Å². The minimum Gasteiger partial charge on any atom is -0.464 e. The minimum absolute atomic E-state index is 0.289. The second kappa shape index (κ2) is 7.44. The molecule has 0 saturated heterocycles. The van der Waals surface area contributed by atoms with Gasteiger partial charge in [-0.3, -0.25) is 0 Å². The number of nitrogens with zero attached hydrogens (tertiary/aromatic N) is 3. The number of aromatic nitrogens is 3. The van der Waals surface area contributed by atoms with Gasteiger partial charge in [0.1, 0.15) is 5.69 Å². The molecule has 1 aromatic carbocycles. The van der Waals surface area contributed by atoms with Gasteiger partial charge in [0.05, 0.1) is 23.3 Å². The Labute approximate surface area is 167 Å². The lowest BCUT2D eigenvalue weighted by Gasteiger charge is -2.07. The maximum Gasteiger partial charge on any atom is 0.356 e. The van der Waals surface area contributed by atoms with Crippen LogP contribution in [0.15, 0.2) is 60.8 Å². The molecular formula is C22H18ClN3O2. The third-order valence-corrected chi connectivity index (χ3v) is 4.88. The Bertz CT molecular complexity index is 1180. The first kappa shape index (κ1) is 18.2. The van der Waals surface area contributed by atoms with E-state index in [0.29, 0.717) is 11.4 Å². The quantitative estimate of drug-likeness (QED) is 0.472. The number of rotatable bonds is 4. The average molecular weight is 392 g/mol. The van der Waals surface area contributed by atoms with E-state index in [2.05, 4.69) is 24.0 Å². The second-order valence-electron chi connectivity index (χ2n) is 6.50. The summed E-state index contributed by atoms with van der Waals surface area (Å²) in [6, 6.07) is 17.3. The molecule has 140 valence electrons. The van der Waals surface area contributed by atoms with Gasteiger partial charge in [-0.25, -0.2) is 14.3 Å². The number of benzene rings is 1. The third-order valence-electron chi connectivity index (χ3n) is 4.66. The molecule has 3 heterocycles. The molecule has 0 aliphatic rings. The Morgan fingerprint density at radius 1 is 1.11 bits per heavy atom. The van der Waals surface area contributed by atoms with Crippen LogP contribution in [-0.2, 0) is 11.2 Å². The fourth-order valence-corrected chi connectivity index (χ4v) is 3.44. The van der Waals surface area contributed by atoms with Crippen molar-refractivity contribution in [2.45, 2.75) is 13.3 Å². The van der Waals surface area contributed by atoms with E-state index in [9.17, 15) is 4.79 Å². The molecule has 4 aromatic rings.